The molecule has 0 spiro atoms. The van der Waals surface area contributed by atoms with Gasteiger partial charge in [-0.15, -0.1) is 0 Å². The number of carbonyl (C=O) groups excluding carboxylic acids is 1. The van der Waals surface area contributed by atoms with Crippen molar-refractivity contribution in [3.05, 3.63) is 66.7 Å². The van der Waals surface area contributed by atoms with Crippen LogP contribution in [0.4, 0.5) is 0 Å². The van der Waals surface area contributed by atoms with Gasteiger partial charge in [-0.1, -0.05) is 24.3 Å². The van der Waals surface area contributed by atoms with Gasteiger partial charge in [-0.3, -0.25) is 4.79 Å². The molecular formula is C15H16N4O. The maximum Gasteiger partial charge on any atom is 0.244 e. The lowest BCUT2D eigenvalue weighted by Gasteiger charge is -2.08. The Morgan fingerprint density at radius 3 is 3.00 bits per heavy atom. The minimum absolute atomic E-state index is 0.140. The van der Waals surface area contributed by atoms with Gasteiger partial charge in [-0.05, 0) is 19.1 Å². The Morgan fingerprint density at radius 1 is 1.35 bits per heavy atom. The highest BCUT2D eigenvalue weighted by molar-refractivity contribution is 5.87. The SMILES string of the molecule is C/C=C/C=C/C(=O)NCc1cccnc1-n1cccn1. The topological polar surface area (TPSA) is 59.8 Å². The number of pyridine rings is 1. The Labute approximate surface area is 117 Å². The maximum absolute atomic E-state index is 11.6. The van der Waals surface area contributed by atoms with Gasteiger partial charge in [-0.25, -0.2) is 9.67 Å². The summed E-state index contributed by atoms with van der Waals surface area (Å²) in [5.74, 6) is 0.577. The number of nitrogens with one attached hydrogen (secondary N) is 1. The number of aromatic nitrogens is 3. The number of nitrogens with zero attached hydrogens (tertiary/aromatic N) is 3. The van der Waals surface area contributed by atoms with Crippen LogP contribution in [0, 0.1) is 0 Å². The monoisotopic (exact) mass is 268 g/mol. The molecule has 0 aliphatic carbocycles. The second kappa shape index (κ2) is 7.04. The van der Waals surface area contributed by atoms with Crippen molar-refractivity contribution in [2.24, 2.45) is 0 Å². The van der Waals surface area contributed by atoms with Gasteiger partial charge < -0.3 is 5.32 Å². The average molecular weight is 268 g/mol. The molecule has 2 aromatic heterocycles. The zero-order valence-electron chi connectivity index (χ0n) is 11.2. The van der Waals surface area contributed by atoms with Gasteiger partial charge in [0.15, 0.2) is 5.82 Å². The predicted octanol–water partition coefficient (Wildman–Crippen LogP) is 2.02. The molecule has 0 unspecified atom stereocenters. The molecule has 0 fully saturated rings. The van der Waals surface area contributed by atoms with E-state index in [1.165, 1.54) is 6.08 Å². The van der Waals surface area contributed by atoms with Crippen molar-refractivity contribution in [3.8, 4) is 5.82 Å². The third-order valence-corrected chi connectivity index (χ3v) is 2.59. The van der Waals surface area contributed by atoms with E-state index >= 15 is 0 Å². The fraction of sp³-hybridized carbons (Fsp3) is 0.133. The van der Waals surface area contributed by atoms with Crippen LogP contribution in [-0.4, -0.2) is 20.7 Å². The van der Waals surface area contributed by atoms with Crippen LogP contribution in [0.1, 0.15) is 12.5 Å². The third-order valence-electron chi connectivity index (χ3n) is 2.59. The van der Waals surface area contributed by atoms with Gasteiger partial charge >= 0.3 is 0 Å². The largest absolute Gasteiger partial charge is 0.348 e. The summed E-state index contributed by atoms with van der Waals surface area (Å²) < 4.78 is 1.68. The quantitative estimate of drug-likeness (QED) is 0.666. The lowest BCUT2D eigenvalue weighted by molar-refractivity contribution is -0.116. The molecule has 0 bridgehead atoms. The van der Waals surface area contributed by atoms with E-state index in [4.69, 9.17) is 0 Å². The van der Waals surface area contributed by atoms with Crippen LogP contribution in [-0.2, 0) is 11.3 Å². The first-order chi connectivity index (χ1) is 9.81. The Hall–Kier alpha value is -2.69. The van der Waals surface area contributed by atoms with Crippen molar-refractivity contribution in [3.63, 3.8) is 0 Å². The Balaban J connectivity index is 2.05. The highest BCUT2D eigenvalue weighted by atomic mass is 16.1. The van der Waals surface area contributed by atoms with E-state index < -0.39 is 0 Å². The summed E-state index contributed by atoms with van der Waals surface area (Å²) in [6, 6.07) is 5.58. The van der Waals surface area contributed by atoms with Gasteiger partial charge in [-0.2, -0.15) is 5.10 Å². The number of carbonyl (C=O) groups is 1. The highest BCUT2D eigenvalue weighted by Crippen LogP contribution is 2.09. The van der Waals surface area contributed by atoms with E-state index in [-0.39, 0.29) is 5.91 Å². The summed E-state index contributed by atoms with van der Waals surface area (Å²) in [4.78, 5) is 15.9. The minimum atomic E-state index is -0.140. The van der Waals surface area contributed by atoms with E-state index in [2.05, 4.69) is 15.4 Å². The van der Waals surface area contributed by atoms with E-state index in [1.54, 1.807) is 29.2 Å². The number of allylic oxidation sites excluding steroid dienone is 3. The number of rotatable bonds is 5. The summed E-state index contributed by atoms with van der Waals surface area (Å²) in [5.41, 5.74) is 0.906. The Morgan fingerprint density at radius 2 is 2.25 bits per heavy atom. The Bertz CT molecular complexity index is 615. The van der Waals surface area contributed by atoms with Gasteiger partial charge in [0.1, 0.15) is 0 Å². The van der Waals surface area contributed by atoms with E-state index in [0.717, 1.165) is 11.4 Å². The maximum atomic E-state index is 11.6. The van der Waals surface area contributed by atoms with Gasteiger partial charge in [0.25, 0.3) is 0 Å². The molecule has 0 radical (unpaired) electrons. The zero-order valence-corrected chi connectivity index (χ0v) is 11.2. The Kier molecular flexibility index (Phi) is 4.83. The third kappa shape index (κ3) is 3.65. The lowest BCUT2D eigenvalue weighted by Crippen LogP contribution is -2.21. The first-order valence-corrected chi connectivity index (χ1v) is 6.32. The summed E-state index contributed by atoms with van der Waals surface area (Å²) in [5, 5.41) is 6.97. The van der Waals surface area contributed by atoms with E-state index in [1.807, 2.05) is 37.4 Å². The standard InChI is InChI=1S/C15H16N4O/c1-2-3-4-8-14(20)17-12-13-7-5-9-16-15(13)19-11-6-10-18-19/h2-11H,12H2,1H3,(H,17,20)/b3-2+,8-4+. The molecule has 0 aromatic carbocycles. The van der Waals surface area contributed by atoms with Crippen LogP contribution < -0.4 is 5.32 Å². The molecule has 2 heterocycles. The molecule has 0 atom stereocenters. The minimum Gasteiger partial charge on any atom is -0.348 e. The fourth-order valence-corrected chi connectivity index (χ4v) is 1.66. The van der Waals surface area contributed by atoms with Crippen LogP contribution in [0.15, 0.2) is 61.1 Å². The fourth-order valence-electron chi connectivity index (χ4n) is 1.66. The molecule has 0 aliphatic rings. The van der Waals surface area contributed by atoms with Crippen LogP contribution in [0.25, 0.3) is 5.82 Å². The van der Waals surface area contributed by atoms with Gasteiger partial charge in [0.2, 0.25) is 5.91 Å². The van der Waals surface area contributed by atoms with Crippen molar-refractivity contribution in [1.29, 1.82) is 0 Å². The van der Waals surface area contributed by atoms with Crippen LogP contribution in [0.5, 0.6) is 0 Å². The summed E-state index contributed by atoms with van der Waals surface area (Å²) in [6.45, 7) is 2.30. The van der Waals surface area contributed by atoms with E-state index in [9.17, 15) is 4.79 Å². The lowest BCUT2D eigenvalue weighted by atomic mass is 10.2. The summed E-state index contributed by atoms with van der Waals surface area (Å²) >= 11 is 0. The van der Waals surface area contributed by atoms with Crippen LogP contribution in [0.2, 0.25) is 0 Å². The van der Waals surface area contributed by atoms with Gasteiger partial charge in [0, 0.05) is 36.8 Å². The first kappa shape index (κ1) is 13.7. The van der Waals surface area contributed by atoms with Crippen molar-refractivity contribution < 1.29 is 4.79 Å². The van der Waals surface area contributed by atoms with Crippen LogP contribution >= 0.6 is 0 Å². The molecule has 0 saturated heterocycles. The molecular weight excluding hydrogens is 252 g/mol. The molecule has 1 amide bonds. The smallest absolute Gasteiger partial charge is 0.244 e. The second-order valence-corrected chi connectivity index (χ2v) is 4.04. The second-order valence-electron chi connectivity index (χ2n) is 4.04. The molecule has 2 rings (SSSR count). The molecule has 2 aromatic rings. The average Bonchev–Trinajstić information content (AvgIpc) is 3.00. The highest BCUT2D eigenvalue weighted by Gasteiger charge is 2.06. The zero-order chi connectivity index (χ0) is 14.2. The molecule has 5 nitrogen and oxygen atoms in total. The first-order valence-electron chi connectivity index (χ1n) is 6.32. The molecule has 0 saturated carbocycles. The molecule has 0 aliphatic heterocycles. The van der Waals surface area contributed by atoms with E-state index in [0.29, 0.717) is 6.54 Å². The van der Waals surface area contributed by atoms with Gasteiger partial charge in [0.05, 0.1) is 0 Å². The van der Waals surface area contributed by atoms with Crippen molar-refractivity contribution in [2.45, 2.75) is 13.5 Å². The van der Waals surface area contributed by atoms with Crippen LogP contribution in [0.3, 0.4) is 0 Å². The summed E-state index contributed by atoms with van der Waals surface area (Å²) in [6.07, 6.45) is 12.1. The number of hydrogen-bond acceptors (Lipinski definition) is 3. The number of hydrogen-bond donors (Lipinski definition) is 1. The predicted molar refractivity (Wildman–Crippen MR) is 77.2 cm³/mol. The molecule has 1 N–H and O–H groups in total. The van der Waals surface area contributed by atoms with Crippen molar-refractivity contribution >= 4 is 5.91 Å². The molecule has 20 heavy (non-hydrogen) atoms. The molecule has 102 valence electrons. The van der Waals surface area contributed by atoms with Crippen molar-refractivity contribution in [1.82, 2.24) is 20.1 Å². The molecule has 5 heteroatoms. The summed E-state index contributed by atoms with van der Waals surface area (Å²) in [7, 11) is 0. The normalized spacial score (nSPS) is 11.2. The van der Waals surface area contributed by atoms with Crippen molar-refractivity contribution in [2.75, 3.05) is 0 Å². The number of amides is 1.